The second-order valence-corrected chi connectivity index (χ2v) is 4.63. The molecule has 0 spiro atoms. The molecule has 92 valence electrons. The molecule has 0 fully saturated rings. The predicted octanol–water partition coefficient (Wildman–Crippen LogP) is 3.70. The van der Waals surface area contributed by atoms with E-state index in [-0.39, 0.29) is 12.0 Å². The van der Waals surface area contributed by atoms with Gasteiger partial charge in [-0.2, -0.15) is 0 Å². The van der Waals surface area contributed by atoms with Crippen LogP contribution in [0.5, 0.6) is 11.5 Å². The summed E-state index contributed by atoms with van der Waals surface area (Å²) in [6.07, 6.45) is 0.351. The number of hydrogen-bond donors (Lipinski definition) is 1. The maximum absolute atomic E-state index is 10.3. The zero-order valence-electron chi connectivity index (χ0n) is 10.3. The maximum Gasteiger partial charge on any atom is 0.131 e. The Morgan fingerprint density at radius 3 is 2.00 bits per heavy atom. The molecule has 0 radical (unpaired) electrons. The first kappa shape index (κ1) is 11.3. The normalized spacial score (nSPS) is 15.4. The Morgan fingerprint density at radius 2 is 1.50 bits per heavy atom. The van der Waals surface area contributed by atoms with Crippen LogP contribution in [0.1, 0.15) is 30.4 Å². The third-order valence-corrected chi connectivity index (χ3v) is 3.53. The number of ether oxygens (including phenoxy) is 1. The summed E-state index contributed by atoms with van der Waals surface area (Å²) in [5, 5.41) is 10.3. The van der Waals surface area contributed by atoms with Gasteiger partial charge in [-0.25, -0.2) is 0 Å². The van der Waals surface area contributed by atoms with E-state index in [1.807, 2.05) is 55.5 Å². The molecule has 1 heterocycles. The van der Waals surface area contributed by atoms with Gasteiger partial charge in [-0.15, -0.1) is 0 Å². The Bertz CT molecular complexity index is 517. The first-order valence-corrected chi connectivity index (χ1v) is 6.35. The van der Waals surface area contributed by atoms with E-state index in [4.69, 9.17) is 4.74 Å². The second kappa shape index (κ2) is 4.46. The van der Waals surface area contributed by atoms with Crippen molar-refractivity contribution < 1.29 is 9.84 Å². The van der Waals surface area contributed by atoms with E-state index in [2.05, 4.69) is 0 Å². The average molecular weight is 240 g/mol. The van der Waals surface area contributed by atoms with Crippen LogP contribution < -0.4 is 4.74 Å². The first-order chi connectivity index (χ1) is 8.81. The van der Waals surface area contributed by atoms with Crippen LogP contribution >= 0.6 is 0 Å². The van der Waals surface area contributed by atoms with Crippen LogP contribution in [0, 0.1) is 0 Å². The smallest absolute Gasteiger partial charge is 0.131 e. The lowest BCUT2D eigenvalue weighted by Crippen LogP contribution is -2.22. The number of rotatable bonds is 2. The third-order valence-electron chi connectivity index (χ3n) is 3.53. The minimum absolute atomic E-state index is 0.0103. The Balaban J connectivity index is 2.17. The SMILES string of the molecule is CCC(O)C1c2ccccc2Oc2ccccc21. The fourth-order valence-electron chi connectivity index (χ4n) is 2.60. The molecule has 2 aromatic carbocycles. The maximum atomic E-state index is 10.3. The molecule has 0 amide bonds. The Morgan fingerprint density at radius 1 is 1.00 bits per heavy atom. The molecule has 3 rings (SSSR count). The lowest BCUT2D eigenvalue weighted by Gasteiger charge is -2.30. The number of aliphatic hydroxyl groups is 1. The number of benzene rings is 2. The molecule has 0 bridgehead atoms. The molecule has 18 heavy (non-hydrogen) atoms. The van der Waals surface area contributed by atoms with Crippen LogP contribution in [-0.4, -0.2) is 11.2 Å². The minimum Gasteiger partial charge on any atom is -0.457 e. The average Bonchev–Trinajstić information content (AvgIpc) is 2.44. The minimum atomic E-state index is -0.379. The van der Waals surface area contributed by atoms with E-state index in [0.29, 0.717) is 0 Å². The monoisotopic (exact) mass is 240 g/mol. The summed E-state index contributed by atoms with van der Waals surface area (Å²) in [5.74, 6) is 1.72. The molecular weight excluding hydrogens is 224 g/mol. The summed E-state index contributed by atoms with van der Waals surface area (Å²) < 4.78 is 5.89. The van der Waals surface area contributed by atoms with Crippen LogP contribution in [0.2, 0.25) is 0 Å². The predicted molar refractivity (Wildman–Crippen MR) is 71.1 cm³/mol. The van der Waals surface area contributed by atoms with Crippen molar-refractivity contribution in [3.05, 3.63) is 59.7 Å². The zero-order chi connectivity index (χ0) is 12.5. The van der Waals surface area contributed by atoms with Crippen molar-refractivity contribution in [3.8, 4) is 11.5 Å². The molecule has 2 aromatic rings. The molecule has 1 aliphatic heterocycles. The number of hydrogen-bond acceptors (Lipinski definition) is 2. The number of aliphatic hydroxyl groups excluding tert-OH is 1. The van der Waals surface area contributed by atoms with Gasteiger partial charge in [0, 0.05) is 17.0 Å². The molecule has 1 unspecified atom stereocenters. The highest BCUT2D eigenvalue weighted by Gasteiger charge is 2.31. The Labute approximate surface area is 107 Å². The molecule has 0 aliphatic carbocycles. The van der Waals surface area contributed by atoms with E-state index in [9.17, 15) is 5.11 Å². The number of para-hydroxylation sites is 2. The van der Waals surface area contributed by atoms with E-state index in [1.165, 1.54) is 0 Å². The summed E-state index contributed by atoms with van der Waals surface area (Å²) in [5.41, 5.74) is 2.15. The fourth-order valence-corrected chi connectivity index (χ4v) is 2.60. The van der Waals surface area contributed by atoms with E-state index >= 15 is 0 Å². The standard InChI is InChI=1S/C16H16O2/c1-2-13(17)16-11-7-3-5-9-14(11)18-15-10-6-4-8-12(15)16/h3-10,13,16-17H,2H2,1H3. The van der Waals surface area contributed by atoms with Gasteiger partial charge in [0.05, 0.1) is 6.10 Å². The molecule has 1 atom stereocenters. The van der Waals surface area contributed by atoms with E-state index in [1.54, 1.807) is 0 Å². The lowest BCUT2D eigenvalue weighted by atomic mass is 9.83. The zero-order valence-corrected chi connectivity index (χ0v) is 10.3. The summed E-state index contributed by atoms with van der Waals surface area (Å²) in [7, 11) is 0. The van der Waals surface area contributed by atoms with Crippen LogP contribution in [0.15, 0.2) is 48.5 Å². The van der Waals surface area contributed by atoms with E-state index < -0.39 is 0 Å². The van der Waals surface area contributed by atoms with E-state index in [0.717, 1.165) is 29.0 Å². The topological polar surface area (TPSA) is 29.5 Å². The summed E-state index contributed by atoms with van der Waals surface area (Å²) in [6, 6.07) is 15.9. The van der Waals surface area contributed by atoms with Crippen molar-refractivity contribution in [2.24, 2.45) is 0 Å². The van der Waals surface area contributed by atoms with Crippen molar-refractivity contribution in [2.45, 2.75) is 25.4 Å². The highest BCUT2D eigenvalue weighted by atomic mass is 16.5. The van der Waals surface area contributed by atoms with Crippen molar-refractivity contribution in [2.75, 3.05) is 0 Å². The van der Waals surface area contributed by atoms with Gasteiger partial charge in [0.15, 0.2) is 0 Å². The van der Waals surface area contributed by atoms with Crippen molar-refractivity contribution in [1.29, 1.82) is 0 Å². The molecular formula is C16H16O2. The van der Waals surface area contributed by atoms with Gasteiger partial charge in [0.25, 0.3) is 0 Å². The van der Waals surface area contributed by atoms with Gasteiger partial charge in [0.1, 0.15) is 11.5 Å². The Hall–Kier alpha value is -1.80. The molecule has 2 nitrogen and oxygen atoms in total. The first-order valence-electron chi connectivity index (χ1n) is 6.35. The van der Waals surface area contributed by atoms with Crippen LogP contribution in [0.3, 0.4) is 0 Å². The fraction of sp³-hybridized carbons (Fsp3) is 0.250. The third kappa shape index (κ3) is 1.70. The van der Waals surface area contributed by atoms with Crippen LogP contribution in [-0.2, 0) is 0 Å². The van der Waals surface area contributed by atoms with Gasteiger partial charge >= 0.3 is 0 Å². The van der Waals surface area contributed by atoms with Crippen molar-refractivity contribution in [1.82, 2.24) is 0 Å². The van der Waals surface area contributed by atoms with Gasteiger partial charge in [-0.1, -0.05) is 43.3 Å². The Kier molecular flexibility index (Phi) is 2.80. The summed E-state index contributed by atoms with van der Waals surface area (Å²) in [4.78, 5) is 0. The summed E-state index contributed by atoms with van der Waals surface area (Å²) in [6.45, 7) is 2.01. The van der Waals surface area contributed by atoms with Crippen LogP contribution in [0.4, 0.5) is 0 Å². The molecule has 2 heteroatoms. The van der Waals surface area contributed by atoms with Crippen LogP contribution in [0.25, 0.3) is 0 Å². The second-order valence-electron chi connectivity index (χ2n) is 4.63. The molecule has 1 N–H and O–H groups in total. The van der Waals surface area contributed by atoms with Gasteiger partial charge in [-0.05, 0) is 18.6 Å². The molecule has 0 saturated carbocycles. The highest BCUT2D eigenvalue weighted by molar-refractivity contribution is 5.53. The molecule has 0 aromatic heterocycles. The molecule has 1 aliphatic rings. The highest BCUT2D eigenvalue weighted by Crippen LogP contribution is 2.45. The number of fused-ring (bicyclic) bond motifs is 2. The van der Waals surface area contributed by atoms with Gasteiger partial charge in [-0.3, -0.25) is 0 Å². The summed E-state index contributed by atoms with van der Waals surface area (Å²) >= 11 is 0. The lowest BCUT2D eigenvalue weighted by molar-refractivity contribution is 0.147. The van der Waals surface area contributed by atoms with Gasteiger partial charge in [0.2, 0.25) is 0 Å². The van der Waals surface area contributed by atoms with Gasteiger partial charge < -0.3 is 9.84 Å². The molecule has 0 saturated heterocycles. The quantitative estimate of drug-likeness (QED) is 0.867. The van der Waals surface area contributed by atoms with Crippen molar-refractivity contribution in [3.63, 3.8) is 0 Å². The largest absolute Gasteiger partial charge is 0.457 e. The van der Waals surface area contributed by atoms with Crippen molar-refractivity contribution >= 4 is 0 Å².